The Morgan fingerprint density at radius 3 is 1.78 bits per heavy atom. The molecule has 0 saturated heterocycles. The van der Waals surface area contributed by atoms with Crippen LogP contribution in [0.25, 0.3) is 0 Å². The number of hydrogen-bond donors (Lipinski definition) is 11. The zero-order valence-electron chi connectivity index (χ0n) is 54.2. The van der Waals surface area contributed by atoms with Gasteiger partial charge in [0.2, 0.25) is 23.6 Å². The van der Waals surface area contributed by atoms with Crippen LogP contribution in [0, 0.1) is 17.2 Å². The summed E-state index contributed by atoms with van der Waals surface area (Å²) in [7, 11) is -2.23. The van der Waals surface area contributed by atoms with Gasteiger partial charge in [-0.1, -0.05) is 90.2 Å². The van der Waals surface area contributed by atoms with E-state index in [1.54, 1.807) is 24.1 Å². The number of primary amides is 1. The second-order valence-corrected chi connectivity index (χ2v) is 25.1. The number of amidine groups is 1. The van der Waals surface area contributed by atoms with Crippen molar-refractivity contribution in [2.75, 3.05) is 91.8 Å². The maximum Gasteiger partial charge on any atom is 0.326 e. The first kappa shape index (κ1) is 83.2. The molecule has 91 heavy (non-hydrogen) atoms. The minimum Gasteiger partial charge on any atom is -0.508 e. The fourth-order valence-electron chi connectivity index (χ4n) is 9.70. The molecule has 1 aromatic carbocycles. The molecule has 0 saturated carbocycles. The third-order valence-corrected chi connectivity index (χ3v) is 16.0. The van der Waals surface area contributed by atoms with Gasteiger partial charge in [0.25, 0.3) is 10.1 Å². The largest absolute Gasteiger partial charge is 0.508 e. The molecule has 0 aliphatic carbocycles. The smallest absolute Gasteiger partial charge is 0.326 e. The predicted octanol–water partition coefficient (Wildman–Crippen LogP) is 3.61. The molecule has 0 aliphatic heterocycles. The monoisotopic (exact) mass is 1310 g/mol. The van der Waals surface area contributed by atoms with Gasteiger partial charge in [-0.15, -0.1) is 0 Å². The van der Waals surface area contributed by atoms with Crippen LogP contribution in [0.15, 0.2) is 24.3 Å². The number of carbonyl (C=O) groups is 9. The third kappa shape index (κ3) is 45.2. The molecule has 520 valence electrons. The normalized spacial score (nSPS) is 13.3. The van der Waals surface area contributed by atoms with Crippen molar-refractivity contribution in [3.8, 4) is 5.75 Å². The zero-order valence-corrected chi connectivity index (χ0v) is 55.0. The first-order valence-electron chi connectivity index (χ1n) is 32.3. The number of ether oxygens (including phenoxy) is 4. The van der Waals surface area contributed by atoms with Gasteiger partial charge in [-0.3, -0.25) is 53.2 Å². The molecule has 4 amide bonds. The molecule has 1 rings (SSSR count). The van der Waals surface area contributed by atoms with E-state index in [1.165, 1.54) is 12.1 Å². The van der Waals surface area contributed by atoms with Crippen LogP contribution < -0.4 is 38.5 Å². The highest BCUT2D eigenvalue weighted by atomic mass is 32.2. The summed E-state index contributed by atoms with van der Waals surface area (Å²) in [6.07, 6.45) is 13.5. The number of carboxylic acid groups (broad SMARTS) is 1. The van der Waals surface area contributed by atoms with E-state index in [4.69, 9.17) is 46.1 Å². The van der Waals surface area contributed by atoms with E-state index >= 15 is 0 Å². The van der Waals surface area contributed by atoms with Crippen molar-refractivity contribution < 1.29 is 85.3 Å². The lowest BCUT2D eigenvalue weighted by atomic mass is 9.89. The Balaban J connectivity index is 2.32. The average molecular weight is 1310 g/mol. The number of carbonyl (C=O) groups excluding carboxylic acids is 8. The quantitative estimate of drug-likeness (QED) is 0.0192. The number of amides is 4. The van der Waals surface area contributed by atoms with Crippen LogP contribution in [-0.2, 0) is 78.6 Å². The molecule has 0 spiro atoms. The Hall–Kier alpha value is -5.85. The summed E-state index contributed by atoms with van der Waals surface area (Å²) in [5.74, 6) is -5.04. The van der Waals surface area contributed by atoms with Crippen LogP contribution in [0.3, 0.4) is 0 Å². The van der Waals surface area contributed by atoms with E-state index in [1.807, 2.05) is 13.8 Å². The molecule has 1 aromatic rings. The van der Waals surface area contributed by atoms with Gasteiger partial charge < -0.3 is 67.6 Å². The molecule has 0 aromatic heterocycles. The molecule has 14 N–H and O–H groups in total. The molecule has 28 heteroatoms. The van der Waals surface area contributed by atoms with Gasteiger partial charge in [0.15, 0.2) is 23.1 Å². The summed E-state index contributed by atoms with van der Waals surface area (Å²) in [4.78, 5) is 116. The van der Waals surface area contributed by atoms with Crippen LogP contribution in [0.5, 0.6) is 5.75 Å². The fraction of sp³-hybridized carbons (Fsp3) is 0.746. The number of hydrogen-bond acceptors (Lipinski definition) is 20. The fourth-order valence-corrected chi connectivity index (χ4v) is 10.3. The third-order valence-electron chi connectivity index (χ3n) is 15.1. The van der Waals surface area contributed by atoms with E-state index in [0.717, 1.165) is 57.8 Å². The molecular formula is C63H109N9O18S. The van der Waals surface area contributed by atoms with E-state index in [2.05, 4.69) is 21.3 Å². The number of aromatic hydroxyl groups is 1. The molecule has 0 radical (unpaired) electrons. The van der Waals surface area contributed by atoms with Crippen LogP contribution in [0.4, 0.5) is 0 Å². The van der Waals surface area contributed by atoms with Gasteiger partial charge >= 0.3 is 5.97 Å². The lowest BCUT2D eigenvalue weighted by Gasteiger charge is -2.29. The number of carboxylic acids is 1. The summed E-state index contributed by atoms with van der Waals surface area (Å²) in [5, 5.41) is 37.9. The van der Waals surface area contributed by atoms with Gasteiger partial charge in [0.05, 0.1) is 75.8 Å². The highest BCUT2D eigenvalue weighted by Gasteiger charge is 2.31. The average Bonchev–Trinajstić information content (AvgIpc) is 1.59. The Labute approximate surface area is 538 Å². The summed E-state index contributed by atoms with van der Waals surface area (Å²) in [6, 6.07) is 2.76. The molecule has 0 unspecified atom stereocenters. The summed E-state index contributed by atoms with van der Waals surface area (Å²) < 4.78 is 52.0. The first-order valence-corrected chi connectivity index (χ1v) is 33.9. The van der Waals surface area contributed by atoms with Crippen molar-refractivity contribution in [3.05, 3.63) is 29.8 Å². The zero-order chi connectivity index (χ0) is 67.8. The minimum absolute atomic E-state index is 0.0129. The van der Waals surface area contributed by atoms with Crippen molar-refractivity contribution in [2.45, 2.75) is 199 Å². The van der Waals surface area contributed by atoms with Gasteiger partial charge in [-0.2, -0.15) is 8.42 Å². The number of rotatable bonds is 61. The Bertz CT molecular complexity index is 2420. The molecule has 0 heterocycles. The number of benzene rings is 1. The number of ketones is 4. The van der Waals surface area contributed by atoms with Gasteiger partial charge in [0.1, 0.15) is 25.0 Å². The van der Waals surface area contributed by atoms with Crippen LogP contribution >= 0.6 is 0 Å². The number of aliphatic carboxylic acids is 1. The van der Waals surface area contributed by atoms with Crippen LogP contribution in [0.2, 0.25) is 0 Å². The maximum absolute atomic E-state index is 14.0. The summed E-state index contributed by atoms with van der Waals surface area (Å²) >= 11 is 0. The second kappa shape index (κ2) is 50.7. The molecule has 5 atom stereocenters. The number of nitrogens with two attached hydrogens (primary N) is 3. The van der Waals surface area contributed by atoms with Crippen molar-refractivity contribution in [3.63, 3.8) is 0 Å². The maximum atomic E-state index is 14.0. The van der Waals surface area contributed by atoms with Crippen molar-refractivity contribution >= 4 is 68.7 Å². The van der Waals surface area contributed by atoms with E-state index in [9.17, 15) is 61.8 Å². The van der Waals surface area contributed by atoms with E-state index in [-0.39, 0.29) is 182 Å². The Morgan fingerprint density at radius 2 is 1.18 bits per heavy atom. The van der Waals surface area contributed by atoms with E-state index in [0.29, 0.717) is 69.8 Å². The van der Waals surface area contributed by atoms with Gasteiger partial charge in [-0.05, 0) is 94.9 Å². The van der Waals surface area contributed by atoms with Crippen molar-refractivity contribution in [1.29, 1.82) is 5.41 Å². The first-order chi connectivity index (χ1) is 43.3. The minimum atomic E-state index is -3.88. The number of Topliss-reactive ketones (excluding diaryl/α,β-unsaturated/α-hetero) is 4. The number of phenolic OH excluding ortho intramolecular Hbond substituents is 1. The molecule has 0 bridgehead atoms. The highest BCUT2D eigenvalue weighted by molar-refractivity contribution is 7.85. The lowest BCUT2D eigenvalue weighted by molar-refractivity contribution is -0.142. The highest BCUT2D eigenvalue weighted by Crippen LogP contribution is 2.21. The van der Waals surface area contributed by atoms with Crippen molar-refractivity contribution in [2.24, 2.45) is 29.0 Å². The lowest BCUT2D eigenvalue weighted by Crippen LogP contribution is -2.50. The predicted molar refractivity (Wildman–Crippen MR) is 344 cm³/mol. The van der Waals surface area contributed by atoms with Crippen molar-refractivity contribution in [1.82, 2.24) is 26.2 Å². The topological polar surface area (TPSA) is 439 Å². The molecule has 0 fully saturated rings. The Morgan fingerprint density at radius 1 is 0.604 bits per heavy atom. The van der Waals surface area contributed by atoms with Gasteiger partial charge in [-0.25, -0.2) is 4.79 Å². The van der Waals surface area contributed by atoms with Gasteiger partial charge in [0, 0.05) is 57.7 Å². The summed E-state index contributed by atoms with van der Waals surface area (Å²) in [5.41, 5.74) is 18.1. The standard InChI is InChI=1S/C63H109N9O18S/c1-46(2)61(66)55(76)42-70-51(56(77)43-72(3)53(22-14-15-23-57(64)65)54(75)41-48(62(67)81)40-47-25-27-49(73)28-26-47)21-16-17-31-68-60(80)45-90-38-35-87-33-19-20-50(74)44-89-37-36-88-34-32-69-58(78)30-29-52(63(82)83)71-59(79)24-13-11-9-7-5-4-6-8-10-12-18-39-91(84,85)86/h25-28,46,48,51-53,61,70,73H,4-24,29-45,66H2,1-3H3,(H3,64,65)(H2,67,81)(H,68,80)(H,69,78)(H,71,79)(H,82,83)(H,84,85,86)/t48-,51+,52+,53+,61+/m1/s1. The number of nitrogens with one attached hydrogen (secondary N) is 5. The molecular weight excluding hydrogens is 1200 g/mol. The number of nitrogens with zero attached hydrogens (tertiary/aromatic N) is 1. The van der Waals surface area contributed by atoms with E-state index < -0.39 is 52.1 Å². The second-order valence-electron chi connectivity index (χ2n) is 23.6. The van der Waals surface area contributed by atoms with Crippen LogP contribution in [-0.4, -0.2) is 203 Å². The number of unbranched alkanes of at least 4 members (excludes halogenated alkanes) is 12. The Kier molecular flexibility index (Phi) is 46.3. The SMILES string of the molecule is CC(C)[C@H](N)C(=O)CN[C@@H](CCCCNC(=O)COCCOCCCC(=O)COCCOCCNC(=O)CC[C@H](NC(=O)CCCCCCCCCCCCCS(=O)(=O)O)C(=O)O)C(=O)CN(C)[C@@H](CCCCC(=N)N)C(=O)C[C@@H](Cc1ccc(O)cc1)C(N)=O. The number of phenols is 1. The summed E-state index contributed by atoms with van der Waals surface area (Å²) in [6.45, 7) is 4.59. The van der Waals surface area contributed by atoms with Crippen LogP contribution in [0.1, 0.15) is 174 Å². The molecule has 0 aliphatic rings. The number of likely N-dealkylation sites (N-methyl/N-ethyl adjacent to an activating group) is 1. The molecule has 27 nitrogen and oxygen atoms in total.